The van der Waals surface area contributed by atoms with Gasteiger partial charge in [0.2, 0.25) is 0 Å². The van der Waals surface area contributed by atoms with Gasteiger partial charge in [0.05, 0.1) is 0 Å². The first-order valence-electron chi connectivity index (χ1n) is 7.35. The Labute approximate surface area is 110 Å². The molecule has 1 saturated carbocycles. The maximum absolute atomic E-state index is 3.71. The van der Waals surface area contributed by atoms with Crippen molar-refractivity contribution in [3.05, 3.63) is 35.9 Å². The smallest absolute Gasteiger partial charge is 0.0472 e. The first kappa shape index (κ1) is 12.2. The average Bonchev–Trinajstić information content (AvgIpc) is 3.13. The fraction of sp³-hybridized carbons (Fsp3) is 0.625. The maximum atomic E-state index is 3.71. The molecule has 2 fully saturated rings. The third kappa shape index (κ3) is 2.93. The van der Waals surface area contributed by atoms with E-state index in [0.717, 1.165) is 18.5 Å². The van der Waals surface area contributed by atoms with Crippen molar-refractivity contribution >= 4 is 0 Å². The molecular weight excluding hydrogens is 220 g/mol. The quantitative estimate of drug-likeness (QED) is 0.857. The van der Waals surface area contributed by atoms with Gasteiger partial charge in [-0.15, -0.1) is 0 Å². The zero-order valence-corrected chi connectivity index (χ0v) is 11.3. The Morgan fingerprint density at radius 3 is 2.61 bits per heavy atom. The number of hydrogen-bond donors (Lipinski definition) is 1. The predicted octanol–water partition coefficient (Wildman–Crippen LogP) is 2.82. The van der Waals surface area contributed by atoms with Gasteiger partial charge in [-0.2, -0.15) is 0 Å². The van der Waals surface area contributed by atoms with Crippen LogP contribution in [0.15, 0.2) is 30.3 Å². The van der Waals surface area contributed by atoms with Gasteiger partial charge in [-0.05, 0) is 37.3 Å². The molecule has 1 heterocycles. The van der Waals surface area contributed by atoms with Gasteiger partial charge in [0.1, 0.15) is 0 Å². The van der Waals surface area contributed by atoms with Crippen LogP contribution < -0.4 is 5.32 Å². The molecule has 1 aromatic carbocycles. The van der Waals surface area contributed by atoms with Crippen LogP contribution in [0.2, 0.25) is 0 Å². The molecule has 2 atom stereocenters. The fourth-order valence-electron chi connectivity index (χ4n) is 2.95. The summed E-state index contributed by atoms with van der Waals surface area (Å²) in [6.07, 6.45) is 4.10. The summed E-state index contributed by atoms with van der Waals surface area (Å²) < 4.78 is 0. The van der Waals surface area contributed by atoms with Gasteiger partial charge in [0.15, 0.2) is 0 Å². The number of likely N-dealkylation sites (tertiary alicyclic amines) is 1. The molecular formula is C16H24N2. The Kier molecular flexibility index (Phi) is 3.67. The Morgan fingerprint density at radius 1 is 1.22 bits per heavy atom. The minimum Gasteiger partial charge on any atom is -0.312 e. The van der Waals surface area contributed by atoms with Crippen molar-refractivity contribution in [1.29, 1.82) is 0 Å². The molecule has 2 heteroatoms. The van der Waals surface area contributed by atoms with E-state index in [4.69, 9.17) is 0 Å². The van der Waals surface area contributed by atoms with Gasteiger partial charge in [-0.3, -0.25) is 4.90 Å². The molecule has 18 heavy (non-hydrogen) atoms. The van der Waals surface area contributed by atoms with Crippen molar-refractivity contribution in [3.63, 3.8) is 0 Å². The topological polar surface area (TPSA) is 15.3 Å². The fourth-order valence-corrected chi connectivity index (χ4v) is 2.95. The van der Waals surface area contributed by atoms with Gasteiger partial charge in [-0.25, -0.2) is 0 Å². The van der Waals surface area contributed by atoms with Crippen LogP contribution in [0.1, 0.15) is 37.8 Å². The lowest BCUT2D eigenvalue weighted by molar-refractivity contribution is 0.231. The molecule has 0 aromatic heterocycles. The van der Waals surface area contributed by atoms with E-state index in [2.05, 4.69) is 47.5 Å². The zero-order chi connectivity index (χ0) is 12.4. The summed E-state index contributed by atoms with van der Waals surface area (Å²) in [7, 11) is 0. The van der Waals surface area contributed by atoms with Crippen LogP contribution in [0.25, 0.3) is 0 Å². The predicted molar refractivity (Wildman–Crippen MR) is 75.6 cm³/mol. The van der Waals surface area contributed by atoms with E-state index < -0.39 is 0 Å². The third-order valence-electron chi connectivity index (χ3n) is 4.26. The molecule has 0 spiro atoms. The second-order valence-corrected chi connectivity index (χ2v) is 6.00. The van der Waals surface area contributed by atoms with Crippen molar-refractivity contribution in [2.45, 2.75) is 38.3 Å². The van der Waals surface area contributed by atoms with Crippen LogP contribution in [-0.4, -0.2) is 30.6 Å². The highest BCUT2D eigenvalue weighted by molar-refractivity contribution is 5.20. The molecule has 1 aromatic rings. The van der Waals surface area contributed by atoms with Crippen LogP contribution in [0.5, 0.6) is 0 Å². The Morgan fingerprint density at radius 2 is 2.00 bits per heavy atom. The molecule has 0 bridgehead atoms. The average molecular weight is 244 g/mol. The molecule has 3 rings (SSSR count). The standard InChI is InChI=1S/C16H24N2/c1-13-9-10-18(12-13)16(11-17-15-7-8-15)14-5-3-2-4-6-14/h2-6,13,15-17H,7-12H2,1H3. The summed E-state index contributed by atoms with van der Waals surface area (Å²) in [5.74, 6) is 0.858. The summed E-state index contributed by atoms with van der Waals surface area (Å²) in [5, 5.41) is 3.71. The SMILES string of the molecule is CC1CCN(C(CNC2CC2)c2ccccc2)C1. The number of nitrogens with one attached hydrogen (secondary N) is 1. The summed E-state index contributed by atoms with van der Waals surface area (Å²) in [6.45, 7) is 6.00. The van der Waals surface area contributed by atoms with Crippen molar-refractivity contribution in [3.8, 4) is 0 Å². The molecule has 2 unspecified atom stereocenters. The van der Waals surface area contributed by atoms with E-state index >= 15 is 0 Å². The molecule has 98 valence electrons. The van der Waals surface area contributed by atoms with Crippen molar-refractivity contribution in [1.82, 2.24) is 10.2 Å². The first-order chi connectivity index (χ1) is 8.83. The van der Waals surface area contributed by atoms with Crippen molar-refractivity contribution in [2.75, 3.05) is 19.6 Å². The number of hydrogen-bond acceptors (Lipinski definition) is 2. The van der Waals surface area contributed by atoms with Gasteiger partial charge in [0, 0.05) is 25.2 Å². The molecule has 1 aliphatic carbocycles. The van der Waals surface area contributed by atoms with Crippen molar-refractivity contribution in [2.24, 2.45) is 5.92 Å². The minimum atomic E-state index is 0.566. The van der Waals surface area contributed by atoms with Gasteiger partial charge >= 0.3 is 0 Å². The monoisotopic (exact) mass is 244 g/mol. The van der Waals surface area contributed by atoms with Gasteiger partial charge in [0.25, 0.3) is 0 Å². The lowest BCUT2D eigenvalue weighted by Gasteiger charge is -2.28. The van der Waals surface area contributed by atoms with E-state index in [1.165, 1.54) is 37.9 Å². The second kappa shape index (κ2) is 5.41. The highest BCUT2D eigenvalue weighted by Gasteiger charge is 2.29. The summed E-state index contributed by atoms with van der Waals surface area (Å²) in [4.78, 5) is 2.66. The van der Waals surface area contributed by atoms with E-state index in [-0.39, 0.29) is 0 Å². The Hall–Kier alpha value is -0.860. The Bertz CT molecular complexity index is 372. The van der Waals surface area contributed by atoms with E-state index in [1.54, 1.807) is 0 Å². The van der Waals surface area contributed by atoms with Crippen LogP contribution in [-0.2, 0) is 0 Å². The third-order valence-corrected chi connectivity index (χ3v) is 4.26. The Balaban J connectivity index is 1.70. The number of benzene rings is 1. The molecule has 0 radical (unpaired) electrons. The lowest BCUT2D eigenvalue weighted by Crippen LogP contribution is -2.35. The largest absolute Gasteiger partial charge is 0.312 e. The van der Waals surface area contributed by atoms with Crippen LogP contribution in [0, 0.1) is 5.92 Å². The second-order valence-electron chi connectivity index (χ2n) is 6.00. The summed E-state index contributed by atoms with van der Waals surface area (Å²) >= 11 is 0. The number of rotatable bonds is 5. The molecule has 1 saturated heterocycles. The summed E-state index contributed by atoms with van der Waals surface area (Å²) in [6, 6.07) is 12.4. The summed E-state index contributed by atoms with van der Waals surface area (Å²) in [5.41, 5.74) is 1.47. The van der Waals surface area contributed by atoms with Crippen molar-refractivity contribution < 1.29 is 0 Å². The van der Waals surface area contributed by atoms with Gasteiger partial charge in [-0.1, -0.05) is 37.3 Å². The highest BCUT2D eigenvalue weighted by atomic mass is 15.2. The minimum absolute atomic E-state index is 0.566. The molecule has 1 N–H and O–H groups in total. The van der Waals surface area contributed by atoms with E-state index in [9.17, 15) is 0 Å². The maximum Gasteiger partial charge on any atom is 0.0472 e. The first-order valence-corrected chi connectivity index (χ1v) is 7.35. The normalized spacial score (nSPS) is 26.4. The van der Waals surface area contributed by atoms with E-state index in [0.29, 0.717) is 6.04 Å². The highest BCUT2D eigenvalue weighted by Crippen LogP contribution is 2.28. The van der Waals surface area contributed by atoms with E-state index in [1.807, 2.05) is 0 Å². The van der Waals surface area contributed by atoms with Gasteiger partial charge < -0.3 is 5.32 Å². The van der Waals surface area contributed by atoms with Crippen LogP contribution in [0.3, 0.4) is 0 Å². The molecule has 2 nitrogen and oxygen atoms in total. The van der Waals surface area contributed by atoms with Crippen LogP contribution >= 0.6 is 0 Å². The molecule has 0 amide bonds. The molecule has 2 aliphatic rings. The molecule has 1 aliphatic heterocycles. The number of nitrogens with zero attached hydrogens (tertiary/aromatic N) is 1. The van der Waals surface area contributed by atoms with Crippen LogP contribution in [0.4, 0.5) is 0 Å². The lowest BCUT2D eigenvalue weighted by atomic mass is 10.1. The zero-order valence-electron chi connectivity index (χ0n) is 11.3.